The maximum absolute atomic E-state index is 3.77. The van der Waals surface area contributed by atoms with E-state index in [9.17, 15) is 0 Å². The van der Waals surface area contributed by atoms with Crippen LogP contribution in [0.25, 0.3) is 0 Å². The van der Waals surface area contributed by atoms with Crippen LogP contribution < -0.4 is 5.32 Å². The molecule has 1 aliphatic carbocycles. The standard InChI is InChI=1S/C18H37N3/c1-6-19-17-8-7-16(14(2)3)13-18(17)21-11-9-20(10-12-21)15(4)5/h14-19H,6-13H2,1-5H3. The van der Waals surface area contributed by atoms with Crippen LogP contribution >= 0.6 is 0 Å². The molecule has 1 saturated carbocycles. The highest BCUT2D eigenvalue weighted by atomic mass is 15.3. The zero-order chi connectivity index (χ0) is 15.4. The van der Waals surface area contributed by atoms with Crippen LogP contribution in [0.3, 0.4) is 0 Å². The second-order valence-corrected chi connectivity index (χ2v) is 7.71. The highest BCUT2D eigenvalue weighted by Crippen LogP contribution is 2.33. The van der Waals surface area contributed by atoms with Crippen molar-refractivity contribution in [2.45, 2.75) is 72.0 Å². The minimum atomic E-state index is 0.700. The van der Waals surface area contributed by atoms with E-state index in [4.69, 9.17) is 0 Å². The first-order chi connectivity index (χ1) is 10.0. The van der Waals surface area contributed by atoms with Crippen molar-refractivity contribution < 1.29 is 0 Å². The molecule has 0 amide bonds. The Bertz CT molecular complexity index is 295. The Hall–Kier alpha value is -0.120. The molecule has 3 atom stereocenters. The van der Waals surface area contributed by atoms with Crippen LogP contribution in [0, 0.1) is 11.8 Å². The third-order valence-corrected chi connectivity index (χ3v) is 5.81. The fraction of sp³-hybridized carbons (Fsp3) is 1.00. The Morgan fingerprint density at radius 2 is 1.67 bits per heavy atom. The number of nitrogens with one attached hydrogen (secondary N) is 1. The number of rotatable bonds is 5. The van der Waals surface area contributed by atoms with Gasteiger partial charge in [0.1, 0.15) is 0 Å². The summed E-state index contributed by atoms with van der Waals surface area (Å²) in [5.74, 6) is 1.76. The maximum atomic E-state index is 3.77. The van der Waals surface area contributed by atoms with Gasteiger partial charge in [-0.3, -0.25) is 9.80 Å². The lowest BCUT2D eigenvalue weighted by Crippen LogP contribution is -2.59. The minimum Gasteiger partial charge on any atom is -0.313 e. The first-order valence-corrected chi connectivity index (χ1v) is 9.24. The van der Waals surface area contributed by atoms with Crippen molar-refractivity contribution >= 4 is 0 Å². The minimum absolute atomic E-state index is 0.700. The van der Waals surface area contributed by atoms with Crippen molar-refractivity contribution in [1.29, 1.82) is 0 Å². The summed E-state index contributed by atoms with van der Waals surface area (Å²) in [6, 6.07) is 2.18. The molecule has 1 saturated heterocycles. The highest BCUT2D eigenvalue weighted by molar-refractivity contribution is 4.93. The molecular formula is C18H37N3. The molecule has 1 aliphatic heterocycles. The van der Waals surface area contributed by atoms with Crippen molar-refractivity contribution in [3.8, 4) is 0 Å². The summed E-state index contributed by atoms with van der Waals surface area (Å²) in [5, 5.41) is 3.77. The van der Waals surface area contributed by atoms with Gasteiger partial charge in [0, 0.05) is 44.3 Å². The SMILES string of the molecule is CCNC1CCC(C(C)C)CC1N1CCN(C(C)C)CC1. The van der Waals surface area contributed by atoms with Crippen LogP contribution in [0.2, 0.25) is 0 Å². The lowest BCUT2D eigenvalue weighted by atomic mass is 9.76. The topological polar surface area (TPSA) is 18.5 Å². The van der Waals surface area contributed by atoms with Crippen molar-refractivity contribution in [2.24, 2.45) is 11.8 Å². The summed E-state index contributed by atoms with van der Waals surface area (Å²) in [7, 11) is 0. The lowest BCUT2D eigenvalue weighted by Gasteiger charge is -2.47. The number of hydrogen-bond donors (Lipinski definition) is 1. The fourth-order valence-corrected chi connectivity index (χ4v) is 4.27. The van der Waals surface area contributed by atoms with E-state index < -0.39 is 0 Å². The molecule has 2 fully saturated rings. The van der Waals surface area contributed by atoms with Crippen LogP contribution in [0.1, 0.15) is 53.9 Å². The van der Waals surface area contributed by atoms with Crippen LogP contribution in [-0.2, 0) is 0 Å². The Morgan fingerprint density at radius 1 is 1.00 bits per heavy atom. The summed E-state index contributed by atoms with van der Waals surface area (Å²) in [6.07, 6.45) is 4.18. The summed E-state index contributed by atoms with van der Waals surface area (Å²) < 4.78 is 0. The molecule has 3 heteroatoms. The zero-order valence-electron chi connectivity index (χ0n) is 14.9. The Kier molecular flexibility index (Phi) is 6.51. The zero-order valence-corrected chi connectivity index (χ0v) is 14.9. The third-order valence-electron chi connectivity index (χ3n) is 5.81. The Balaban J connectivity index is 1.96. The first-order valence-electron chi connectivity index (χ1n) is 9.24. The Morgan fingerprint density at radius 3 is 2.19 bits per heavy atom. The van der Waals surface area contributed by atoms with Gasteiger partial charge < -0.3 is 5.32 Å². The molecule has 0 aromatic carbocycles. The van der Waals surface area contributed by atoms with E-state index in [1.165, 1.54) is 45.4 Å². The van der Waals surface area contributed by atoms with Crippen molar-refractivity contribution in [3.63, 3.8) is 0 Å². The monoisotopic (exact) mass is 295 g/mol. The number of nitrogens with zero attached hydrogens (tertiary/aromatic N) is 2. The van der Waals surface area contributed by atoms with Gasteiger partial charge in [-0.2, -0.15) is 0 Å². The van der Waals surface area contributed by atoms with E-state index in [-0.39, 0.29) is 0 Å². The maximum Gasteiger partial charge on any atom is 0.0253 e. The van der Waals surface area contributed by atoms with Crippen molar-refractivity contribution in [1.82, 2.24) is 15.1 Å². The predicted molar refractivity (Wildman–Crippen MR) is 91.7 cm³/mol. The molecule has 0 bridgehead atoms. The summed E-state index contributed by atoms with van der Waals surface area (Å²) in [4.78, 5) is 5.42. The van der Waals surface area contributed by atoms with Crippen LogP contribution in [-0.4, -0.2) is 60.6 Å². The smallest absolute Gasteiger partial charge is 0.0253 e. The van der Waals surface area contributed by atoms with E-state index >= 15 is 0 Å². The largest absolute Gasteiger partial charge is 0.313 e. The van der Waals surface area contributed by atoms with Gasteiger partial charge in [0.15, 0.2) is 0 Å². The van der Waals surface area contributed by atoms with Gasteiger partial charge in [-0.15, -0.1) is 0 Å². The summed E-state index contributed by atoms with van der Waals surface area (Å²) in [6.45, 7) is 17.8. The van der Waals surface area contributed by atoms with E-state index in [1.54, 1.807) is 0 Å². The normalized spacial score (nSPS) is 33.0. The average Bonchev–Trinajstić information content (AvgIpc) is 2.48. The molecule has 0 spiro atoms. The van der Waals surface area contributed by atoms with Gasteiger partial charge in [0.05, 0.1) is 0 Å². The van der Waals surface area contributed by atoms with Crippen LogP contribution in [0.5, 0.6) is 0 Å². The molecule has 0 aromatic rings. The molecule has 3 nitrogen and oxygen atoms in total. The van der Waals surface area contributed by atoms with E-state index in [2.05, 4.69) is 49.7 Å². The van der Waals surface area contributed by atoms with E-state index in [0.29, 0.717) is 6.04 Å². The molecule has 2 aliphatic rings. The molecule has 124 valence electrons. The van der Waals surface area contributed by atoms with Crippen molar-refractivity contribution in [2.75, 3.05) is 32.7 Å². The van der Waals surface area contributed by atoms with Gasteiger partial charge in [-0.1, -0.05) is 20.8 Å². The van der Waals surface area contributed by atoms with Crippen LogP contribution in [0.15, 0.2) is 0 Å². The van der Waals surface area contributed by atoms with Gasteiger partial charge in [-0.05, 0) is 51.5 Å². The molecule has 0 aromatic heterocycles. The second-order valence-electron chi connectivity index (χ2n) is 7.71. The third kappa shape index (κ3) is 4.43. The molecule has 0 radical (unpaired) electrons. The number of hydrogen-bond acceptors (Lipinski definition) is 3. The van der Waals surface area contributed by atoms with Crippen molar-refractivity contribution in [3.05, 3.63) is 0 Å². The molecule has 3 unspecified atom stereocenters. The first kappa shape index (κ1) is 17.2. The summed E-state index contributed by atoms with van der Waals surface area (Å²) >= 11 is 0. The van der Waals surface area contributed by atoms with Gasteiger partial charge in [0.25, 0.3) is 0 Å². The molecule has 21 heavy (non-hydrogen) atoms. The molecule has 1 heterocycles. The predicted octanol–water partition coefficient (Wildman–Crippen LogP) is 2.82. The van der Waals surface area contributed by atoms with Gasteiger partial charge in [0.2, 0.25) is 0 Å². The van der Waals surface area contributed by atoms with E-state index in [1.807, 2.05) is 0 Å². The van der Waals surface area contributed by atoms with Gasteiger partial charge in [-0.25, -0.2) is 0 Å². The molecule has 2 rings (SSSR count). The van der Waals surface area contributed by atoms with Crippen LogP contribution in [0.4, 0.5) is 0 Å². The quantitative estimate of drug-likeness (QED) is 0.841. The second kappa shape index (κ2) is 7.94. The fourth-order valence-electron chi connectivity index (χ4n) is 4.27. The number of likely N-dealkylation sites (N-methyl/N-ethyl adjacent to an activating group) is 1. The Labute approximate surface area is 132 Å². The number of piperazine rings is 1. The highest BCUT2D eigenvalue weighted by Gasteiger charge is 2.36. The molecular weight excluding hydrogens is 258 g/mol. The lowest BCUT2D eigenvalue weighted by molar-refractivity contribution is 0.0321. The summed E-state index contributed by atoms with van der Waals surface area (Å²) in [5.41, 5.74) is 0. The van der Waals surface area contributed by atoms with Gasteiger partial charge >= 0.3 is 0 Å². The molecule has 1 N–H and O–H groups in total. The average molecular weight is 296 g/mol. The van der Waals surface area contributed by atoms with E-state index in [0.717, 1.165) is 30.5 Å².